The van der Waals surface area contributed by atoms with Crippen molar-refractivity contribution >= 4 is 5.91 Å². The van der Waals surface area contributed by atoms with Gasteiger partial charge in [-0.2, -0.15) is 0 Å². The number of carbonyl (C=O) groups excluding carboxylic acids is 1. The number of nitrogens with one attached hydrogen (secondary N) is 2. The maximum Gasteiger partial charge on any atom is 0.236 e. The first-order valence-electron chi connectivity index (χ1n) is 6.28. The monoisotopic (exact) mass is 266 g/mol. The van der Waals surface area contributed by atoms with E-state index < -0.39 is 0 Å². The van der Waals surface area contributed by atoms with Gasteiger partial charge in [0.15, 0.2) is 11.5 Å². The van der Waals surface area contributed by atoms with E-state index in [0.717, 1.165) is 30.0 Å². The lowest BCUT2D eigenvalue weighted by molar-refractivity contribution is -0.122. The minimum atomic E-state index is -0.190. The lowest BCUT2D eigenvalue weighted by Crippen LogP contribution is -2.41. The number of hydrogen-bond donors (Lipinski definition) is 2. The Hall–Kier alpha value is -1.75. The number of carbonyl (C=O) groups is 1. The Morgan fingerprint density at radius 1 is 1.26 bits per heavy atom. The van der Waals surface area contributed by atoms with Gasteiger partial charge in [-0.05, 0) is 37.6 Å². The normalized spacial score (nSPS) is 11.8. The lowest BCUT2D eigenvalue weighted by atomic mass is 10.1. The highest BCUT2D eigenvalue weighted by Gasteiger charge is 2.09. The van der Waals surface area contributed by atoms with Gasteiger partial charge in [-0.3, -0.25) is 4.79 Å². The number of amides is 1. The Morgan fingerprint density at radius 2 is 1.95 bits per heavy atom. The highest BCUT2D eigenvalue weighted by molar-refractivity contribution is 5.80. The van der Waals surface area contributed by atoms with Gasteiger partial charge >= 0.3 is 0 Å². The predicted octanol–water partition coefficient (Wildman–Crippen LogP) is 0.970. The molecule has 0 aromatic heterocycles. The quantitative estimate of drug-likeness (QED) is 0.772. The number of benzene rings is 1. The van der Waals surface area contributed by atoms with Crippen molar-refractivity contribution in [3.05, 3.63) is 23.8 Å². The van der Waals surface area contributed by atoms with E-state index >= 15 is 0 Å². The lowest BCUT2D eigenvalue weighted by Gasteiger charge is -2.13. The van der Waals surface area contributed by atoms with E-state index in [-0.39, 0.29) is 11.9 Å². The van der Waals surface area contributed by atoms with Crippen LogP contribution < -0.4 is 20.1 Å². The number of ether oxygens (including phenoxy) is 2. The number of hydrogen-bond acceptors (Lipinski definition) is 4. The van der Waals surface area contributed by atoms with Crippen LogP contribution in [0.1, 0.15) is 12.5 Å². The largest absolute Gasteiger partial charge is 0.493 e. The molecular formula is C14H22N2O3. The molecule has 0 aliphatic rings. The molecule has 1 aromatic rings. The van der Waals surface area contributed by atoms with Crippen molar-refractivity contribution in [1.82, 2.24) is 10.6 Å². The molecule has 0 aliphatic heterocycles. The molecule has 1 atom stereocenters. The van der Waals surface area contributed by atoms with Crippen LogP contribution in [-0.2, 0) is 11.2 Å². The zero-order chi connectivity index (χ0) is 14.3. The highest BCUT2D eigenvalue weighted by Crippen LogP contribution is 2.27. The molecule has 0 saturated heterocycles. The van der Waals surface area contributed by atoms with Crippen molar-refractivity contribution in [2.24, 2.45) is 0 Å². The van der Waals surface area contributed by atoms with Gasteiger partial charge in [0.05, 0.1) is 20.3 Å². The second-order valence-electron chi connectivity index (χ2n) is 4.23. The van der Waals surface area contributed by atoms with Gasteiger partial charge in [0.1, 0.15) is 0 Å². The van der Waals surface area contributed by atoms with Crippen LogP contribution in [0.2, 0.25) is 0 Å². The molecule has 0 fully saturated rings. The van der Waals surface area contributed by atoms with E-state index in [1.807, 2.05) is 25.1 Å². The summed E-state index contributed by atoms with van der Waals surface area (Å²) in [5, 5.41) is 5.77. The van der Waals surface area contributed by atoms with Gasteiger partial charge in [0.2, 0.25) is 5.91 Å². The van der Waals surface area contributed by atoms with Gasteiger partial charge < -0.3 is 20.1 Å². The van der Waals surface area contributed by atoms with E-state index in [1.165, 1.54) is 0 Å². The van der Waals surface area contributed by atoms with Gasteiger partial charge in [-0.15, -0.1) is 0 Å². The molecule has 19 heavy (non-hydrogen) atoms. The molecule has 0 aliphatic carbocycles. The summed E-state index contributed by atoms with van der Waals surface area (Å²) in [7, 11) is 4.87. The first kappa shape index (κ1) is 15.3. The minimum Gasteiger partial charge on any atom is -0.493 e. The molecule has 1 unspecified atom stereocenters. The summed E-state index contributed by atoms with van der Waals surface area (Å²) in [5.74, 6) is 1.43. The van der Waals surface area contributed by atoms with Crippen molar-refractivity contribution < 1.29 is 14.3 Å². The minimum absolute atomic E-state index is 0.00712. The zero-order valence-electron chi connectivity index (χ0n) is 11.9. The van der Waals surface area contributed by atoms with Crippen molar-refractivity contribution in [1.29, 1.82) is 0 Å². The van der Waals surface area contributed by atoms with E-state index in [9.17, 15) is 4.79 Å². The summed E-state index contributed by atoms with van der Waals surface area (Å²) in [5.41, 5.74) is 1.13. The maximum atomic E-state index is 11.3. The van der Waals surface area contributed by atoms with Gasteiger partial charge in [-0.25, -0.2) is 0 Å². The summed E-state index contributed by atoms with van der Waals surface area (Å²) in [6.45, 7) is 2.57. The summed E-state index contributed by atoms with van der Waals surface area (Å²) in [6, 6.07) is 5.64. The molecule has 106 valence electrons. The third-order valence-electron chi connectivity index (χ3n) is 2.95. The SMILES string of the molecule is CNC(=O)C(C)NCCc1ccc(OC)c(OC)c1. The molecule has 5 nitrogen and oxygen atoms in total. The van der Waals surface area contributed by atoms with Crippen LogP contribution in [0.3, 0.4) is 0 Å². The first-order valence-corrected chi connectivity index (χ1v) is 6.28. The molecule has 2 N–H and O–H groups in total. The molecule has 1 rings (SSSR count). The smallest absolute Gasteiger partial charge is 0.236 e. The van der Waals surface area contributed by atoms with Crippen LogP contribution in [-0.4, -0.2) is 39.8 Å². The molecule has 0 heterocycles. The van der Waals surface area contributed by atoms with Crippen LogP contribution in [0.25, 0.3) is 0 Å². The van der Waals surface area contributed by atoms with Crippen LogP contribution >= 0.6 is 0 Å². The third-order valence-corrected chi connectivity index (χ3v) is 2.95. The Balaban J connectivity index is 2.52. The summed E-state index contributed by atoms with van der Waals surface area (Å²) >= 11 is 0. The average molecular weight is 266 g/mol. The van der Waals surface area contributed by atoms with Gasteiger partial charge in [-0.1, -0.05) is 6.07 Å². The van der Waals surface area contributed by atoms with Crippen molar-refractivity contribution in [3.63, 3.8) is 0 Å². The highest BCUT2D eigenvalue weighted by atomic mass is 16.5. The average Bonchev–Trinajstić information content (AvgIpc) is 2.45. The second kappa shape index (κ2) is 7.63. The molecule has 0 saturated carbocycles. The maximum absolute atomic E-state index is 11.3. The molecular weight excluding hydrogens is 244 g/mol. The van der Waals surface area contributed by atoms with E-state index in [0.29, 0.717) is 0 Å². The van der Waals surface area contributed by atoms with Crippen LogP contribution in [0.5, 0.6) is 11.5 Å². The van der Waals surface area contributed by atoms with Crippen LogP contribution in [0.4, 0.5) is 0 Å². The van der Waals surface area contributed by atoms with E-state index in [1.54, 1.807) is 21.3 Å². The molecule has 5 heteroatoms. The van der Waals surface area contributed by atoms with Crippen molar-refractivity contribution in [2.45, 2.75) is 19.4 Å². The summed E-state index contributed by atoms with van der Waals surface area (Å²) in [4.78, 5) is 11.3. The third kappa shape index (κ3) is 4.44. The fraction of sp³-hybridized carbons (Fsp3) is 0.500. The number of likely N-dealkylation sites (N-methyl/N-ethyl adjacent to an activating group) is 1. The predicted molar refractivity (Wildman–Crippen MR) is 74.8 cm³/mol. The Bertz CT molecular complexity index is 421. The van der Waals surface area contributed by atoms with Crippen LogP contribution in [0.15, 0.2) is 18.2 Å². The van der Waals surface area contributed by atoms with Crippen molar-refractivity contribution in [2.75, 3.05) is 27.8 Å². The topological polar surface area (TPSA) is 59.6 Å². The molecule has 1 amide bonds. The van der Waals surface area contributed by atoms with E-state index in [4.69, 9.17) is 9.47 Å². The van der Waals surface area contributed by atoms with E-state index in [2.05, 4.69) is 10.6 Å². The van der Waals surface area contributed by atoms with Gasteiger partial charge in [0.25, 0.3) is 0 Å². The molecule has 0 radical (unpaired) electrons. The Morgan fingerprint density at radius 3 is 2.53 bits per heavy atom. The van der Waals surface area contributed by atoms with Crippen LogP contribution in [0, 0.1) is 0 Å². The fourth-order valence-corrected chi connectivity index (χ4v) is 1.78. The number of rotatable bonds is 7. The number of methoxy groups -OCH3 is 2. The Kier molecular flexibility index (Phi) is 6.15. The Labute approximate surface area is 114 Å². The summed E-state index contributed by atoms with van der Waals surface area (Å²) < 4.78 is 10.4. The molecule has 0 spiro atoms. The standard InChI is InChI=1S/C14H22N2O3/c1-10(14(17)15-2)16-8-7-11-5-6-12(18-3)13(9-11)19-4/h5-6,9-10,16H,7-8H2,1-4H3,(H,15,17). The fourth-order valence-electron chi connectivity index (χ4n) is 1.78. The van der Waals surface area contributed by atoms with Gasteiger partial charge in [0, 0.05) is 7.05 Å². The molecule has 1 aromatic carbocycles. The molecule has 0 bridgehead atoms. The zero-order valence-corrected chi connectivity index (χ0v) is 11.9. The first-order chi connectivity index (χ1) is 9.12. The van der Waals surface area contributed by atoms with Crippen molar-refractivity contribution in [3.8, 4) is 11.5 Å². The summed E-state index contributed by atoms with van der Waals surface area (Å²) in [6.07, 6.45) is 0.821. The second-order valence-corrected chi connectivity index (χ2v) is 4.23.